The molecule has 0 unspecified atom stereocenters. The SMILES string of the molecule is COc1cc(O)cc(-c2ccc(O)c(F)c2)c1. The van der Waals surface area contributed by atoms with E-state index < -0.39 is 11.6 Å². The molecule has 0 amide bonds. The third-order valence-electron chi connectivity index (χ3n) is 2.41. The Labute approximate surface area is 97.7 Å². The van der Waals surface area contributed by atoms with Gasteiger partial charge in [0.25, 0.3) is 0 Å². The van der Waals surface area contributed by atoms with E-state index in [1.807, 2.05) is 0 Å². The second-order valence-electron chi connectivity index (χ2n) is 3.59. The molecule has 3 nitrogen and oxygen atoms in total. The molecule has 0 radical (unpaired) electrons. The summed E-state index contributed by atoms with van der Waals surface area (Å²) in [5.74, 6) is -0.591. The van der Waals surface area contributed by atoms with Gasteiger partial charge in [-0.3, -0.25) is 0 Å². The predicted octanol–water partition coefficient (Wildman–Crippen LogP) is 2.91. The monoisotopic (exact) mass is 234 g/mol. The highest BCUT2D eigenvalue weighted by Gasteiger charge is 2.06. The third kappa shape index (κ3) is 2.30. The van der Waals surface area contributed by atoms with E-state index in [-0.39, 0.29) is 5.75 Å². The highest BCUT2D eigenvalue weighted by molar-refractivity contribution is 5.67. The Balaban J connectivity index is 2.52. The van der Waals surface area contributed by atoms with Gasteiger partial charge in [0, 0.05) is 6.07 Å². The minimum Gasteiger partial charge on any atom is -0.508 e. The van der Waals surface area contributed by atoms with Gasteiger partial charge in [-0.2, -0.15) is 0 Å². The first-order chi connectivity index (χ1) is 8.10. The molecule has 0 aliphatic heterocycles. The molecule has 2 aromatic rings. The van der Waals surface area contributed by atoms with Crippen molar-refractivity contribution < 1.29 is 19.3 Å². The molecule has 2 rings (SSSR count). The van der Waals surface area contributed by atoms with Crippen molar-refractivity contribution in [1.29, 1.82) is 0 Å². The smallest absolute Gasteiger partial charge is 0.165 e. The Morgan fingerprint density at radius 3 is 2.41 bits per heavy atom. The summed E-state index contributed by atoms with van der Waals surface area (Å²) < 4.78 is 18.2. The van der Waals surface area contributed by atoms with Gasteiger partial charge in [0.05, 0.1) is 7.11 Å². The summed E-state index contributed by atoms with van der Waals surface area (Å²) in [6.07, 6.45) is 0. The lowest BCUT2D eigenvalue weighted by atomic mass is 10.0. The van der Waals surface area contributed by atoms with Crippen molar-refractivity contribution >= 4 is 0 Å². The van der Waals surface area contributed by atoms with Crippen molar-refractivity contribution in [3.05, 3.63) is 42.2 Å². The van der Waals surface area contributed by atoms with Gasteiger partial charge in [0.15, 0.2) is 11.6 Å². The van der Waals surface area contributed by atoms with E-state index in [2.05, 4.69) is 0 Å². The number of hydrogen-bond acceptors (Lipinski definition) is 3. The molecular weight excluding hydrogens is 223 g/mol. The van der Waals surface area contributed by atoms with E-state index in [0.29, 0.717) is 16.9 Å². The fourth-order valence-corrected chi connectivity index (χ4v) is 1.55. The molecule has 0 bridgehead atoms. The van der Waals surface area contributed by atoms with Gasteiger partial charge in [-0.15, -0.1) is 0 Å². The second kappa shape index (κ2) is 4.33. The fraction of sp³-hybridized carbons (Fsp3) is 0.0769. The molecular formula is C13H11FO3. The summed E-state index contributed by atoms with van der Waals surface area (Å²) in [6, 6.07) is 8.65. The zero-order chi connectivity index (χ0) is 12.4. The number of methoxy groups -OCH3 is 1. The number of hydrogen-bond donors (Lipinski definition) is 2. The first-order valence-corrected chi connectivity index (χ1v) is 4.97. The van der Waals surface area contributed by atoms with Crippen molar-refractivity contribution in [2.45, 2.75) is 0 Å². The van der Waals surface area contributed by atoms with Crippen molar-refractivity contribution in [2.75, 3.05) is 7.11 Å². The summed E-state index contributed by atoms with van der Waals surface area (Å²) in [5, 5.41) is 18.6. The van der Waals surface area contributed by atoms with E-state index in [1.54, 1.807) is 12.1 Å². The topological polar surface area (TPSA) is 49.7 Å². The number of phenolic OH excluding ortho intramolecular Hbond substituents is 2. The van der Waals surface area contributed by atoms with E-state index in [9.17, 15) is 9.50 Å². The standard InChI is InChI=1S/C13H11FO3/c1-17-11-5-9(4-10(15)7-11)8-2-3-13(16)12(14)6-8/h2-7,15-16H,1H3. The quantitative estimate of drug-likeness (QED) is 0.839. The molecule has 0 spiro atoms. The maximum Gasteiger partial charge on any atom is 0.165 e. The van der Waals surface area contributed by atoms with Crippen LogP contribution < -0.4 is 4.74 Å². The average Bonchev–Trinajstić information content (AvgIpc) is 2.32. The van der Waals surface area contributed by atoms with Crippen LogP contribution in [0, 0.1) is 5.82 Å². The number of halogens is 1. The molecule has 0 heterocycles. The molecule has 4 heteroatoms. The predicted molar refractivity (Wildman–Crippen MR) is 61.7 cm³/mol. The minimum atomic E-state index is -0.704. The van der Waals surface area contributed by atoms with E-state index in [0.717, 1.165) is 0 Å². The van der Waals surface area contributed by atoms with E-state index >= 15 is 0 Å². The van der Waals surface area contributed by atoms with E-state index in [1.165, 1.54) is 31.4 Å². The van der Waals surface area contributed by atoms with Gasteiger partial charge in [-0.05, 0) is 35.4 Å². The first kappa shape index (κ1) is 11.3. The lowest BCUT2D eigenvalue weighted by Crippen LogP contribution is -1.85. The van der Waals surface area contributed by atoms with Crippen LogP contribution >= 0.6 is 0 Å². The first-order valence-electron chi connectivity index (χ1n) is 4.97. The zero-order valence-electron chi connectivity index (χ0n) is 9.14. The van der Waals surface area contributed by atoms with E-state index in [4.69, 9.17) is 9.84 Å². The van der Waals surface area contributed by atoms with Gasteiger partial charge < -0.3 is 14.9 Å². The Morgan fingerprint density at radius 1 is 1.00 bits per heavy atom. The van der Waals surface area contributed by atoms with Gasteiger partial charge in [-0.1, -0.05) is 6.07 Å². The van der Waals surface area contributed by atoms with Crippen LogP contribution in [-0.2, 0) is 0 Å². The van der Waals surface area contributed by atoms with Crippen LogP contribution in [0.15, 0.2) is 36.4 Å². The number of ether oxygens (including phenoxy) is 1. The normalized spacial score (nSPS) is 10.2. The van der Waals surface area contributed by atoms with Gasteiger partial charge in [-0.25, -0.2) is 4.39 Å². The Morgan fingerprint density at radius 2 is 1.76 bits per heavy atom. The fourth-order valence-electron chi connectivity index (χ4n) is 1.55. The van der Waals surface area contributed by atoms with Crippen molar-refractivity contribution in [3.63, 3.8) is 0 Å². The Bertz CT molecular complexity index is 552. The average molecular weight is 234 g/mol. The van der Waals surface area contributed by atoms with Crippen molar-refractivity contribution in [1.82, 2.24) is 0 Å². The van der Waals surface area contributed by atoms with Crippen LogP contribution in [0.25, 0.3) is 11.1 Å². The van der Waals surface area contributed by atoms with Gasteiger partial charge in [0.2, 0.25) is 0 Å². The van der Waals surface area contributed by atoms with Crippen LogP contribution in [0.1, 0.15) is 0 Å². The Hall–Kier alpha value is -2.23. The number of aromatic hydroxyl groups is 2. The molecule has 2 aromatic carbocycles. The highest BCUT2D eigenvalue weighted by Crippen LogP contribution is 2.30. The number of benzene rings is 2. The Kier molecular flexibility index (Phi) is 2.87. The van der Waals surface area contributed by atoms with Gasteiger partial charge in [0.1, 0.15) is 11.5 Å². The number of rotatable bonds is 2. The van der Waals surface area contributed by atoms with Crippen molar-refractivity contribution in [2.24, 2.45) is 0 Å². The third-order valence-corrected chi connectivity index (χ3v) is 2.41. The van der Waals surface area contributed by atoms with Crippen LogP contribution in [0.5, 0.6) is 17.2 Å². The molecule has 0 aliphatic carbocycles. The lowest BCUT2D eigenvalue weighted by molar-refractivity contribution is 0.408. The summed E-state index contributed by atoms with van der Waals surface area (Å²) in [6.45, 7) is 0. The number of phenols is 2. The molecule has 17 heavy (non-hydrogen) atoms. The maximum absolute atomic E-state index is 13.2. The zero-order valence-corrected chi connectivity index (χ0v) is 9.14. The summed E-state index contributed by atoms with van der Waals surface area (Å²) in [5.41, 5.74) is 1.16. The molecule has 0 saturated carbocycles. The van der Waals surface area contributed by atoms with Crippen LogP contribution in [0.4, 0.5) is 4.39 Å². The molecule has 88 valence electrons. The molecule has 2 N–H and O–H groups in total. The molecule has 0 saturated heterocycles. The van der Waals surface area contributed by atoms with Crippen LogP contribution in [0.2, 0.25) is 0 Å². The lowest BCUT2D eigenvalue weighted by Gasteiger charge is -2.07. The summed E-state index contributed by atoms with van der Waals surface area (Å²) in [7, 11) is 1.48. The molecule has 0 fully saturated rings. The second-order valence-corrected chi connectivity index (χ2v) is 3.59. The van der Waals surface area contributed by atoms with Crippen LogP contribution in [0.3, 0.4) is 0 Å². The van der Waals surface area contributed by atoms with Gasteiger partial charge >= 0.3 is 0 Å². The largest absolute Gasteiger partial charge is 0.508 e. The highest BCUT2D eigenvalue weighted by atomic mass is 19.1. The summed E-state index contributed by atoms with van der Waals surface area (Å²) in [4.78, 5) is 0. The van der Waals surface area contributed by atoms with Crippen molar-refractivity contribution in [3.8, 4) is 28.4 Å². The summed E-state index contributed by atoms with van der Waals surface area (Å²) >= 11 is 0. The minimum absolute atomic E-state index is 0.0350. The molecule has 0 aromatic heterocycles. The molecule has 0 atom stereocenters. The van der Waals surface area contributed by atoms with Crippen LogP contribution in [-0.4, -0.2) is 17.3 Å². The molecule has 0 aliphatic rings. The maximum atomic E-state index is 13.2.